The summed E-state index contributed by atoms with van der Waals surface area (Å²) in [6.07, 6.45) is 9.93. The highest BCUT2D eigenvalue weighted by Crippen LogP contribution is 2.77. The molecule has 3 nitrogen and oxygen atoms in total. The van der Waals surface area contributed by atoms with Gasteiger partial charge in [-0.15, -0.1) is 0 Å². The molecule has 0 amide bonds. The van der Waals surface area contributed by atoms with Gasteiger partial charge in [-0.25, -0.2) is 0 Å². The normalized spacial score (nSPS) is 48.7. The lowest BCUT2D eigenvalue weighted by molar-refractivity contribution is -0.234. The number of carbonyl (C=O) groups excluding carboxylic acids is 2. The number of rotatable bonds is 2. The third-order valence-corrected chi connectivity index (χ3v) is 13.3. The Balaban J connectivity index is 1.54. The zero-order valence-corrected chi connectivity index (χ0v) is 24.0. The molecule has 35 heavy (non-hydrogen) atoms. The molecule has 0 aliphatic heterocycles. The summed E-state index contributed by atoms with van der Waals surface area (Å²) < 4.78 is 5.76. The highest BCUT2D eigenvalue weighted by atomic mass is 16.5. The van der Waals surface area contributed by atoms with Crippen molar-refractivity contribution in [2.45, 2.75) is 126 Å². The number of ketones is 1. The maximum absolute atomic E-state index is 14.1. The summed E-state index contributed by atoms with van der Waals surface area (Å²) in [5, 5.41) is 0. The number of hydrogen-bond donors (Lipinski definition) is 0. The number of ether oxygens (including phenoxy) is 1. The second-order valence-corrected chi connectivity index (χ2v) is 15.0. The summed E-state index contributed by atoms with van der Waals surface area (Å²) >= 11 is 0. The molecule has 196 valence electrons. The van der Waals surface area contributed by atoms with E-state index < -0.39 is 0 Å². The van der Waals surface area contributed by atoms with Crippen molar-refractivity contribution in [3.8, 4) is 0 Å². The number of fused-ring (bicyclic) bond motifs is 7. The molecule has 0 aromatic carbocycles. The zero-order chi connectivity index (χ0) is 25.8. The third-order valence-electron chi connectivity index (χ3n) is 13.3. The predicted octanol–water partition coefficient (Wildman–Crippen LogP) is 7.92. The molecule has 8 unspecified atom stereocenters. The van der Waals surface area contributed by atoms with Crippen LogP contribution in [0.25, 0.3) is 0 Å². The van der Waals surface area contributed by atoms with Crippen LogP contribution < -0.4 is 0 Å². The van der Waals surface area contributed by atoms with E-state index in [1.165, 1.54) is 51.9 Å². The van der Waals surface area contributed by atoms with Gasteiger partial charge < -0.3 is 4.74 Å². The summed E-state index contributed by atoms with van der Waals surface area (Å²) in [7, 11) is 0. The molecule has 0 saturated heterocycles. The molecule has 4 fully saturated rings. The number of hydrogen-bond acceptors (Lipinski definition) is 3. The van der Waals surface area contributed by atoms with Gasteiger partial charge in [-0.1, -0.05) is 66.5 Å². The highest BCUT2D eigenvalue weighted by molar-refractivity contribution is 5.87. The summed E-state index contributed by atoms with van der Waals surface area (Å²) in [5.41, 5.74) is 3.86. The largest absolute Gasteiger partial charge is 0.462 e. The van der Waals surface area contributed by atoms with Crippen LogP contribution in [-0.2, 0) is 14.3 Å². The van der Waals surface area contributed by atoms with Crippen molar-refractivity contribution in [3.63, 3.8) is 0 Å². The van der Waals surface area contributed by atoms with Crippen molar-refractivity contribution in [1.29, 1.82) is 0 Å². The van der Waals surface area contributed by atoms with Crippen molar-refractivity contribution < 1.29 is 14.3 Å². The standard InChI is InChI=1S/C32H50O3/c1-19(2)21-12-15-29(6)22(21)13-16-30(7)24(29)10-11-25-31(30,8)17-14-23-28(4,5)27(35-20(3)33)18-26(34)32(23,25)9/h19,23-25,27H,10-18H2,1-9H3. The lowest BCUT2D eigenvalue weighted by Crippen LogP contribution is -2.68. The van der Waals surface area contributed by atoms with Crippen LogP contribution in [-0.4, -0.2) is 17.9 Å². The molecule has 5 rings (SSSR count). The fraction of sp³-hybridized carbons (Fsp3) is 0.875. The molecule has 3 heteroatoms. The Morgan fingerprint density at radius 2 is 1.49 bits per heavy atom. The minimum atomic E-state index is -0.323. The first-order chi connectivity index (χ1) is 16.1. The molecule has 5 aliphatic carbocycles. The summed E-state index contributed by atoms with van der Waals surface area (Å²) in [5.74, 6) is 2.18. The molecule has 0 N–H and O–H groups in total. The zero-order valence-electron chi connectivity index (χ0n) is 24.0. The van der Waals surface area contributed by atoms with Crippen LogP contribution >= 0.6 is 0 Å². The highest BCUT2D eigenvalue weighted by Gasteiger charge is 2.72. The van der Waals surface area contributed by atoms with E-state index >= 15 is 0 Å². The van der Waals surface area contributed by atoms with Gasteiger partial charge in [0.2, 0.25) is 0 Å². The molecule has 0 aromatic heterocycles. The summed E-state index contributed by atoms with van der Waals surface area (Å²) in [6, 6.07) is 0. The van der Waals surface area contributed by atoms with Crippen molar-refractivity contribution in [3.05, 3.63) is 11.1 Å². The topological polar surface area (TPSA) is 43.4 Å². The average molecular weight is 483 g/mol. The number of esters is 1. The first kappa shape index (κ1) is 25.5. The van der Waals surface area contributed by atoms with Gasteiger partial charge in [0.25, 0.3) is 0 Å². The van der Waals surface area contributed by atoms with Crippen LogP contribution in [0.3, 0.4) is 0 Å². The van der Waals surface area contributed by atoms with Gasteiger partial charge in [0.05, 0.1) is 0 Å². The van der Waals surface area contributed by atoms with Crippen LogP contribution in [0.2, 0.25) is 0 Å². The van der Waals surface area contributed by atoms with Gasteiger partial charge in [-0.05, 0) is 91.3 Å². The molecule has 0 aromatic rings. The number of carbonyl (C=O) groups is 2. The number of allylic oxidation sites excluding steroid dienone is 2. The minimum absolute atomic E-state index is 0.177. The molecular weight excluding hydrogens is 432 g/mol. The van der Waals surface area contributed by atoms with Crippen molar-refractivity contribution in [1.82, 2.24) is 0 Å². The van der Waals surface area contributed by atoms with Crippen LogP contribution in [0.4, 0.5) is 0 Å². The molecule has 0 spiro atoms. The van der Waals surface area contributed by atoms with Gasteiger partial charge in [0, 0.05) is 24.2 Å². The van der Waals surface area contributed by atoms with Gasteiger partial charge in [-0.2, -0.15) is 0 Å². The molecule has 8 atom stereocenters. The van der Waals surface area contributed by atoms with Crippen LogP contribution in [0.15, 0.2) is 11.1 Å². The molecule has 0 heterocycles. The van der Waals surface area contributed by atoms with E-state index in [1.807, 2.05) is 5.57 Å². The van der Waals surface area contributed by atoms with Crippen LogP contribution in [0.5, 0.6) is 0 Å². The van der Waals surface area contributed by atoms with Crippen LogP contribution in [0, 0.1) is 50.7 Å². The smallest absolute Gasteiger partial charge is 0.302 e. The SMILES string of the molecule is CC(=O)OC1CC(=O)C2(C)C(CCC3(C)C2CCC2C4(C)CCC(C(C)C)=C4CCC23C)C1(C)C. The van der Waals surface area contributed by atoms with Gasteiger partial charge in [-0.3, -0.25) is 9.59 Å². The van der Waals surface area contributed by atoms with Crippen molar-refractivity contribution in [2.24, 2.45) is 50.7 Å². The predicted molar refractivity (Wildman–Crippen MR) is 141 cm³/mol. The molecule has 4 saturated carbocycles. The second kappa shape index (κ2) is 7.70. The van der Waals surface area contributed by atoms with E-state index in [9.17, 15) is 9.59 Å². The van der Waals surface area contributed by atoms with Gasteiger partial charge >= 0.3 is 5.97 Å². The number of Topliss-reactive ketones (excluding diaryl/α,β-unsaturated/α-hetero) is 1. The molecular formula is C32H50O3. The maximum atomic E-state index is 14.1. The Labute approximate surface area is 214 Å². The lowest BCUT2D eigenvalue weighted by atomic mass is 9.32. The maximum Gasteiger partial charge on any atom is 0.302 e. The Kier molecular flexibility index (Phi) is 5.62. The quantitative estimate of drug-likeness (QED) is 0.296. The summed E-state index contributed by atoms with van der Waals surface area (Å²) in [6.45, 7) is 20.9. The van der Waals surface area contributed by atoms with Gasteiger partial charge in [0.15, 0.2) is 0 Å². The minimum Gasteiger partial charge on any atom is -0.462 e. The Bertz CT molecular complexity index is 973. The van der Waals surface area contributed by atoms with E-state index in [2.05, 4.69) is 55.4 Å². The van der Waals surface area contributed by atoms with Crippen molar-refractivity contribution >= 4 is 11.8 Å². The first-order valence-electron chi connectivity index (χ1n) is 14.6. The fourth-order valence-corrected chi connectivity index (χ4v) is 11.4. The summed E-state index contributed by atoms with van der Waals surface area (Å²) in [4.78, 5) is 25.9. The van der Waals surface area contributed by atoms with E-state index in [1.54, 1.807) is 5.57 Å². The molecule has 5 aliphatic rings. The second-order valence-electron chi connectivity index (χ2n) is 15.0. The van der Waals surface area contributed by atoms with Crippen molar-refractivity contribution in [2.75, 3.05) is 0 Å². The lowest BCUT2D eigenvalue weighted by Gasteiger charge is -2.72. The van der Waals surface area contributed by atoms with E-state index in [-0.39, 0.29) is 39.7 Å². The Morgan fingerprint density at radius 3 is 2.11 bits per heavy atom. The third kappa shape index (κ3) is 3.08. The average Bonchev–Trinajstić information content (AvgIpc) is 3.10. The first-order valence-corrected chi connectivity index (χ1v) is 14.6. The van der Waals surface area contributed by atoms with Gasteiger partial charge in [0.1, 0.15) is 11.9 Å². The molecule has 0 radical (unpaired) electrons. The van der Waals surface area contributed by atoms with E-state index in [4.69, 9.17) is 4.74 Å². The molecule has 0 bridgehead atoms. The Morgan fingerprint density at radius 1 is 0.857 bits per heavy atom. The Hall–Kier alpha value is -1.12. The monoisotopic (exact) mass is 482 g/mol. The fourth-order valence-electron chi connectivity index (χ4n) is 11.4. The van der Waals surface area contributed by atoms with E-state index in [0.29, 0.717) is 29.5 Å². The van der Waals surface area contributed by atoms with Crippen LogP contribution in [0.1, 0.15) is 120 Å². The van der Waals surface area contributed by atoms with E-state index in [0.717, 1.165) is 12.3 Å².